The Morgan fingerprint density at radius 2 is 2.00 bits per heavy atom. The van der Waals surface area contributed by atoms with Gasteiger partial charge in [-0.05, 0) is 59.2 Å². The third kappa shape index (κ3) is 2.63. The summed E-state index contributed by atoms with van der Waals surface area (Å²) in [6.45, 7) is 1.30. The van der Waals surface area contributed by atoms with E-state index in [0.29, 0.717) is 29.1 Å². The molecular weight excluding hydrogens is 348 g/mol. The molecule has 2 N–H and O–H groups in total. The summed E-state index contributed by atoms with van der Waals surface area (Å²) >= 11 is 4.60. The fourth-order valence-corrected chi connectivity index (χ4v) is 6.90. The quantitative estimate of drug-likeness (QED) is 0.875. The summed E-state index contributed by atoms with van der Waals surface area (Å²) in [5.41, 5.74) is 5.99. The first kappa shape index (κ1) is 14.0. The van der Waals surface area contributed by atoms with Crippen LogP contribution in [0.2, 0.25) is 0 Å². The lowest BCUT2D eigenvalue weighted by atomic mass is 9.79. The summed E-state index contributed by atoms with van der Waals surface area (Å²) in [4.78, 5) is 0. The highest BCUT2D eigenvalue weighted by atomic mass is 79.9. The lowest BCUT2D eigenvalue weighted by Gasteiger charge is -2.28. The summed E-state index contributed by atoms with van der Waals surface area (Å²) in [6, 6.07) is 3.72. The number of thiophene rings is 1. The Morgan fingerprint density at radius 3 is 2.68 bits per heavy atom. The average molecular weight is 365 g/mol. The van der Waals surface area contributed by atoms with Gasteiger partial charge in [0, 0.05) is 19.1 Å². The number of hydrogen-bond donors (Lipinski definition) is 1. The predicted octanol–water partition coefficient (Wildman–Crippen LogP) is 2.26. The minimum atomic E-state index is -3.31. The van der Waals surface area contributed by atoms with Crippen LogP contribution in [0.3, 0.4) is 0 Å². The molecule has 0 spiro atoms. The lowest BCUT2D eigenvalue weighted by Crippen LogP contribution is -2.32. The van der Waals surface area contributed by atoms with Gasteiger partial charge in [0.25, 0.3) is 10.0 Å². The van der Waals surface area contributed by atoms with Gasteiger partial charge >= 0.3 is 0 Å². The van der Waals surface area contributed by atoms with Gasteiger partial charge in [0.2, 0.25) is 0 Å². The van der Waals surface area contributed by atoms with Gasteiger partial charge in [-0.1, -0.05) is 0 Å². The smallest absolute Gasteiger partial charge is 0.252 e. The van der Waals surface area contributed by atoms with Gasteiger partial charge in [-0.15, -0.1) is 11.3 Å². The molecule has 2 fully saturated rings. The number of rotatable bonds is 2. The fourth-order valence-electron chi connectivity index (χ4n) is 3.18. The maximum Gasteiger partial charge on any atom is 0.252 e. The van der Waals surface area contributed by atoms with Crippen LogP contribution in [-0.2, 0) is 10.0 Å². The monoisotopic (exact) mass is 364 g/mol. The Bertz CT molecular complexity index is 572. The summed E-state index contributed by atoms with van der Waals surface area (Å²) in [5.74, 6) is 0.944. The standard InChI is InChI=1S/C12H17BrN2O2S2/c13-11-3-4-12(18-11)19(16,17)15-6-8-1-2-10(14)5-9(8)7-15/h3-4,8-10H,1-2,5-7,14H2/t8-,9+,10?/m1/s1. The first-order chi connectivity index (χ1) is 8.96. The van der Waals surface area contributed by atoms with E-state index in [2.05, 4.69) is 15.9 Å². The Hall–Kier alpha value is 0.0500. The van der Waals surface area contributed by atoms with E-state index in [0.717, 1.165) is 23.0 Å². The second-order valence-corrected chi connectivity index (χ2v) is 10.1. The highest BCUT2D eigenvalue weighted by molar-refractivity contribution is 9.11. The van der Waals surface area contributed by atoms with Crippen LogP contribution in [-0.4, -0.2) is 31.9 Å². The molecule has 1 aliphatic heterocycles. The second-order valence-electron chi connectivity index (χ2n) is 5.47. The van der Waals surface area contributed by atoms with E-state index in [1.807, 2.05) is 0 Å². The number of fused-ring (bicyclic) bond motifs is 1. The number of sulfonamides is 1. The van der Waals surface area contributed by atoms with Gasteiger partial charge in [-0.3, -0.25) is 0 Å². The third-order valence-corrected chi connectivity index (χ3v) is 8.12. The summed E-state index contributed by atoms with van der Waals surface area (Å²) < 4.78 is 28.0. The van der Waals surface area contributed by atoms with Crippen molar-refractivity contribution in [3.63, 3.8) is 0 Å². The third-order valence-electron chi connectivity index (χ3n) is 4.20. The molecule has 2 aliphatic rings. The fraction of sp³-hybridized carbons (Fsp3) is 0.667. The highest BCUT2D eigenvalue weighted by Crippen LogP contribution is 2.39. The van der Waals surface area contributed by atoms with Crippen LogP contribution in [0.1, 0.15) is 19.3 Å². The van der Waals surface area contributed by atoms with Gasteiger partial charge < -0.3 is 5.73 Å². The number of halogens is 1. The van der Waals surface area contributed by atoms with Crippen LogP contribution < -0.4 is 5.73 Å². The van der Waals surface area contributed by atoms with Crippen LogP contribution in [0.4, 0.5) is 0 Å². The van der Waals surface area contributed by atoms with Crippen LogP contribution in [0.5, 0.6) is 0 Å². The molecule has 19 heavy (non-hydrogen) atoms. The Kier molecular flexibility index (Phi) is 3.77. The van der Waals surface area contributed by atoms with Crippen LogP contribution in [0.25, 0.3) is 0 Å². The van der Waals surface area contributed by atoms with Crippen molar-refractivity contribution in [2.75, 3.05) is 13.1 Å². The summed E-state index contributed by atoms with van der Waals surface area (Å²) in [5, 5.41) is 0. The molecule has 1 saturated heterocycles. The van der Waals surface area contributed by atoms with Crippen molar-refractivity contribution in [3.05, 3.63) is 15.9 Å². The minimum Gasteiger partial charge on any atom is -0.328 e. The zero-order valence-electron chi connectivity index (χ0n) is 10.5. The molecule has 0 radical (unpaired) electrons. The minimum absolute atomic E-state index is 0.250. The summed E-state index contributed by atoms with van der Waals surface area (Å²) in [7, 11) is -3.31. The van der Waals surface area contributed by atoms with Gasteiger partial charge in [0.15, 0.2) is 0 Å². The molecule has 3 rings (SSSR count). The molecule has 1 aromatic rings. The Labute approximate surface area is 126 Å². The predicted molar refractivity (Wildman–Crippen MR) is 79.6 cm³/mol. The zero-order chi connectivity index (χ0) is 13.6. The molecule has 0 amide bonds. The molecule has 0 bridgehead atoms. The molecule has 0 aromatic carbocycles. The maximum absolute atomic E-state index is 12.6. The average Bonchev–Trinajstić information content (AvgIpc) is 2.95. The first-order valence-electron chi connectivity index (χ1n) is 6.48. The number of nitrogens with zero attached hydrogens (tertiary/aromatic N) is 1. The van der Waals surface area contributed by atoms with Crippen molar-refractivity contribution in [1.29, 1.82) is 0 Å². The molecule has 1 unspecified atom stereocenters. The molecule has 1 aliphatic carbocycles. The lowest BCUT2D eigenvalue weighted by molar-refractivity contribution is 0.271. The van der Waals surface area contributed by atoms with Crippen molar-refractivity contribution in [1.82, 2.24) is 4.31 Å². The largest absolute Gasteiger partial charge is 0.328 e. The molecule has 7 heteroatoms. The molecule has 4 nitrogen and oxygen atoms in total. The number of nitrogens with two attached hydrogens (primary N) is 1. The van der Waals surface area contributed by atoms with Crippen molar-refractivity contribution in [2.24, 2.45) is 17.6 Å². The molecule has 1 aromatic heterocycles. The second kappa shape index (κ2) is 5.11. The Balaban J connectivity index is 1.80. The van der Waals surface area contributed by atoms with E-state index in [1.165, 1.54) is 11.3 Å². The van der Waals surface area contributed by atoms with Gasteiger partial charge in [0.05, 0.1) is 3.79 Å². The van der Waals surface area contributed by atoms with Gasteiger partial charge in [0.1, 0.15) is 4.21 Å². The first-order valence-corrected chi connectivity index (χ1v) is 9.53. The van der Waals surface area contributed by atoms with Crippen LogP contribution in [0.15, 0.2) is 20.1 Å². The Morgan fingerprint density at radius 1 is 1.26 bits per heavy atom. The van der Waals surface area contributed by atoms with Gasteiger partial charge in [-0.25, -0.2) is 8.42 Å². The highest BCUT2D eigenvalue weighted by Gasteiger charge is 2.42. The van der Waals surface area contributed by atoms with Gasteiger partial charge in [-0.2, -0.15) is 4.31 Å². The van der Waals surface area contributed by atoms with E-state index in [1.54, 1.807) is 16.4 Å². The normalized spacial score (nSPS) is 32.4. The van der Waals surface area contributed by atoms with E-state index in [-0.39, 0.29) is 6.04 Å². The SMILES string of the molecule is NC1CC[C@@H]2CN(S(=O)(=O)c3ccc(Br)s3)C[C@@H]2C1. The molecule has 3 atom stereocenters. The zero-order valence-corrected chi connectivity index (χ0v) is 13.7. The van der Waals surface area contributed by atoms with E-state index >= 15 is 0 Å². The number of hydrogen-bond acceptors (Lipinski definition) is 4. The van der Waals surface area contributed by atoms with Crippen LogP contribution in [0, 0.1) is 11.8 Å². The molecule has 1 saturated carbocycles. The maximum atomic E-state index is 12.6. The summed E-state index contributed by atoms with van der Waals surface area (Å²) in [6.07, 6.45) is 3.05. The van der Waals surface area contributed by atoms with Crippen molar-refractivity contribution in [3.8, 4) is 0 Å². The van der Waals surface area contributed by atoms with E-state index in [4.69, 9.17) is 5.73 Å². The van der Waals surface area contributed by atoms with Crippen molar-refractivity contribution in [2.45, 2.75) is 29.5 Å². The van der Waals surface area contributed by atoms with Crippen molar-refractivity contribution >= 4 is 37.3 Å². The molecule has 2 heterocycles. The molecular formula is C12H17BrN2O2S2. The van der Waals surface area contributed by atoms with Crippen LogP contribution >= 0.6 is 27.3 Å². The molecule has 106 valence electrons. The van der Waals surface area contributed by atoms with E-state index in [9.17, 15) is 8.42 Å². The van der Waals surface area contributed by atoms with E-state index < -0.39 is 10.0 Å². The topological polar surface area (TPSA) is 63.4 Å². The van der Waals surface area contributed by atoms with Crippen molar-refractivity contribution < 1.29 is 8.42 Å².